The van der Waals surface area contributed by atoms with Crippen molar-refractivity contribution in [3.8, 4) is 6.07 Å². The second-order valence-electron chi connectivity index (χ2n) is 5.56. The van der Waals surface area contributed by atoms with Crippen LogP contribution < -0.4 is 0 Å². The molecular formula is C15H21N3O2. The molecule has 0 bridgehead atoms. The van der Waals surface area contributed by atoms with E-state index in [-0.39, 0.29) is 18.2 Å². The van der Waals surface area contributed by atoms with E-state index in [1.54, 1.807) is 11.0 Å². The summed E-state index contributed by atoms with van der Waals surface area (Å²) in [6, 6.07) is 1.88. The maximum Gasteiger partial charge on any atom is 0.246 e. The van der Waals surface area contributed by atoms with Crippen molar-refractivity contribution >= 4 is 11.8 Å². The fourth-order valence-corrected chi connectivity index (χ4v) is 2.51. The van der Waals surface area contributed by atoms with Crippen LogP contribution in [-0.4, -0.2) is 47.8 Å². The number of carbonyl (C=O) groups is 2. The fraction of sp³-hybridized carbons (Fsp3) is 0.667. The molecule has 2 aliphatic rings. The molecule has 0 aromatic heterocycles. The van der Waals surface area contributed by atoms with Crippen LogP contribution in [0.15, 0.2) is 11.6 Å². The first-order chi connectivity index (χ1) is 9.61. The molecule has 2 fully saturated rings. The zero-order valence-electron chi connectivity index (χ0n) is 12.0. The lowest BCUT2D eigenvalue weighted by Crippen LogP contribution is -2.36. The third-order valence-electron chi connectivity index (χ3n) is 3.96. The van der Waals surface area contributed by atoms with Gasteiger partial charge in [0.15, 0.2) is 0 Å². The van der Waals surface area contributed by atoms with E-state index in [4.69, 9.17) is 5.26 Å². The Kier molecular flexibility index (Phi) is 4.78. The van der Waals surface area contributed by atoms with Crippen molar-refractivity contribution < 1.29 is 9.59 Å². The highest BCUT2D eigenvalue weighted by atomic mass is 16.2. The Balaban J connectivity index is 1.89. The van der Waals surface area contributed by atoms with Gasteiger partial charge in [0, 0.05) is 32.3 Å². The second-order valence-corrected chi connectivity index (χ2v) is 5.56. The van der Waals surface area contributed by atoms with Gasteiger partial charge in [0.05, 0.1) is 6.07 Å². The monoisotopic (exact) mass is 275 g/mol. The number of rotatable bonds is 3. The van der Waals surface area contributed by atoms with Crippen LogP contribution in [0.5, 0.6) is 0 Å². The first kappa shape index (κ1) is 14.6. The van der Waals surface area contributed by atoms with Gasteiger partial charge >= 0.3 is 0 Å². The number of hydrogen-bond donors (Lipinski definition) is 0. The molecule has 0 aromatic carbocycles. The van der Waals surface area contributed by atoms with Crippen molar-refractivity contribution in [1.82, 2.24) is 9.80 Å². The van der Waals surface area contributed by atoms with Crippen molar-refractivity contribution in [3.63, 3.8) is 0 Å². The molecule has 1 heterocycles. The Morgan fingerprint density at radius 2 is 1.85 bits per heavy atom. The molecule has 0 radical (unpaired) electrons. The molecule has 5 nitrogen and oxygen atoms in total. The molecule has 0 spiro atoms. The topological polar surface area (TPSA) is 64.4 Å². The molecular weight excluding hydrogens is 254 g/mol. The van der Waals surface area contributed by atoms with E-state index in [9.17, 15) is 9.59 Å². The average molecular weight is 275 g/mol. The van der Waals surface area contributed by atoms with Crippen LogP contribution in [0.4, 0.5) is 0 Å². The van der Waals surface area contributed by atoms with Gasteiger partial charge < -0.3 is 9.80 Å². The summed E-state index contributed by atoms with van der Waals surface area (Å²) in [7, 11) is 0. The van der Waals surface area contributed by atoms with Crippen LogP contribution in [0, 0.1) is 17.2 Å². The lowest BCUT2D eigenvalue weighted by Gasteiger charge is -2.20. The Labute approximate surface area is 119 Å². The number of amides is 2. The number of nitriles is 1. The summed E-state index contributed by atoms with van der Waals surface area (Å²) in [5.41, 5.74) is 1.18. The summed E-state index contributed by atoms with van der Waals surface area (Å²) in [5, 5.41) is 8.57. The minimum absolute atomic E-state index is 0.0592. The molecule has 2 rings (SSSR count). The van der Waals surface area contributed by atoms with Gasteiger partial charge in [0.1, 0.15) is 6.42 Å². The molecule has 1 aliphatic carbocycles. The quantitative estimate of drug-likeness (QED) is 0.730. The van der Waals surface area contributed by atoms with Crippen LogP contribution in [0.2, 0.25) is 0 Å². The van der Waals surface area contributed by atoms with E-state index >= 15 is 0 Å². The maximum atomic E-state index is 12.2. The molecule has 0 atom stereocenters. The van der Waals surface area contributed by atoms with Crippen molar-refractivity contribution in [2.45, 2.75) is 32.6 Å². The summed E-state index contributed by atoms with van der Waals surface area (Å²) < 4.78 is 0. The summed E-state index contributed by atoms with van der Waals surface area (Å²) in [4.78, 5) is 27.4. The standard InChI is InChI=1S/C15H21N3O2/c1-12(13-3-4-13)11-15(20)18-8-2-7-17(9-10-18)14(19)5-6-16/h11,13H,2-5,7-10H2,1H3/b12-11+. The molecule has 0 N–H and O–H groups in total. The molecule has 0 aromatic rings. The Morgan fingerprint density at radius 1 is 1.20 bits per heavy atom. The van der Waals surface area contributed by atoms with Crippen LogP contribution in [-0.2, 0) is 9.59 Å². The second kappa shape index (κ2) is 6.56. The van der Waals surface area contributed by atoms with Gasteiger partial charge in [0.25, 0.3) is 0 Å². The minimum Gasteiger partial charge on any atom is -0.340 e. The molecule has 2 amide bonds. The SMILES string of the molecule is C/C(=C\C(=O)N1CCCN(C(=O)CC#N)CC1)C1CC1. The van der Waals surface area contributed by atoms with E-state index in [0.29, 0.717) is 32.1 Å². The lowest BCUT2D eigenvalue weighted by atomic mass is 10.2. The van der Waals surface area contributed by atoms with Gasteiger partial charge in [0.2, 0.25) is 11.8 Å². The normalized spacial score (nSPS) is 20.3. The van der Waals surface area contributed by atoms with Gasteiger partial charge in [-0.2, -0.15) is 5.26 Å². The predicted molar refractivity (Wildman–Crippen MR) is 74.5 cm³/mol. The van der Waals surface area contributed by atoms with E-state index < -0.39 is 0 Å². The number of hydrogen-bond acceptors (Lipinski definition) is 3. The van der Waals surface area contributed by atoms with Gasteiger partial charge in [-0.1, -0.05) is 5.57 Å². The van der Waals surface area contributed by atoms with Crippen LogP contribution in [0.3, 0.4) is 0 Å². The van der Waals surface area contributed by atoms with Crippen molar-refractivity contribution in [1.29, 1.82) is 5.26 Å². The highest BCUT2D eigenvalue weighted by Crippen LogP contribution is 2.35. The van der Waals surface area contributed by atoms with E-state index in [2.05, 4.69) is 0 Å². The zero-order valence-corrected chi connectivity index (χ0v) is 12.0. The first-order valence-corrected chi connectivity index (χ1v) is 7.23. The maximum absolute atomic E-state index is 12.2. The van der Waals surface area contributed by atoms with Crippen LogP contribution in [0.25, 0.3) is 0 Å². The van der Waals surface area contributed by atoms with Crippen molar-refractivity contribution in [2.24, 2.45) is 5.92 Å². The predicted octanol–water partition coefficient (Wildman–Crippen LogP) is 1.32. The van der Waals surface area contributed by atoms with E-state index in [1.807, 2.05) is 17.9 Å². The third-order valence-corrected chi connectivity index (χ3v) is 3.96. The van der Waals surface area contributed by atoms with Crippen molar-refractivity contribution in [3.05, 3.63) is 11.6 Å². The molecule has 1 saturated carbocycles. The smallest absolute Gasteiger partial charge is 0.246 e. The van der Waals surface area contributed by atoms with Gasteiger partial charge in [-0.05, 0) is 32.1 Å². The van der Waals surface area contributed by atoms with Gasteiger partial charge in [-0.15, -0.1) is 0 Å². The number of carbonyl (C=O) groups excluding carboxylic acids is 2. The molecule has 0 unspecified atom stereocenters. The molecule has 20 heavy (non-hydrogen) atoms. The minimum atomic E-state index is -0.133. The highest BCUT2D eigenvalue weighted by molar-refractivity contribution is 5.88. The van der Waals surface area contributed by atoms with Crippen molar-refractivity contribution in [2.75, 3.05) is 26.2 Å². The average Bonchev–Trinajstić information content (AvgIpc) is 3.25. The van der Waals surface area contributed by atoms with Gasteiger partial charge in [-0.25, -0.2) is 0 Å². The summed E-state index contributed by atoms with van der Waals surface area (Å²) in [6.07, 6.45) is 4.86. The number of allylic oxidation sites excluding steroid dienone is 1. The highest BCUT2D eigenvalue weighted by Gasteiger charge is 2.25. The fourth-order valence-electron chi connectivity index (χ4n) is 2.51. The Hall–Kier alpha value is -1.83. The van der Waals surface area contributed by atoms with Crippen LogP contribution in [0.1, 0.15) is 32.6 Å². The van der Waals surface area contributed by atoms with Crippen LogP contribution >= 0.6 is 0 Å². The molecule has 1 aliphatic heterocycles. The summed E-state index contributed by atoms with van der Waals surface area (Å²) in [6.45, 7) is 4.43. The largest absolute Gasteiger partial charge is 0.340 e. The Bertz CT molecular complexity index is 460. The van der Waals surface area contributed by atoms with E-state index in [0.717, 1.165) is 6.42 Å². The molecule has 108 valence electrons. The zero-order chi connectivity index (χ0) is 14.5. The first-order valence-electron chi connectivity index (χ1n) is 7.23. The summed E-state index contributed by atoms with van der Waals surface area (Å²) >= 11 is 0. The lowest BCUT2D eigenvalue weighted by molar-refractivity contribution is -0.131. The molecule has 5 heteroatoms. The van der Waals surface area contributed by atoms with Gasteiger partial charge in [-0.3, -0.25) is 9.59 Å². The Morgan fingerprint density at radius 3 is 2.50 bits per heavy atom. The number of nitrogens with zero attached hydrogens (tertiary/aromatic N) is 3. The summed E-state index contributed by atoms with van der Waals surface area (Å²) in [5.74, 6) is 0.537. The third kappa shape index (κ3) is 3.83. The van der Waals surface area contributed by atoms with E-state index in [1.165, 1.54) is 18.4 Å². The molecule has 1 saturated heterocycles.